The molecule has 0 spiro atoms. The van der Waals surface area contributed by atoms with E-state index in [4.69, 9.17) is 4.42 Å². The SMILES string of the molecule is CC(C=NNC(=O)CSc1nnc(-c2ccc(Br)cc2)n1-c1ccccc1)=Cc1ccco1. The number of carbonyl (C=O) groups excluding carboxylic acids is 1. The molecule has 4 rings (SSSR count). The first-order chi connectivity index (χ1) is 16.1. The van der Waals surface area contributed by atoms with Gasteiger partial charge in [-0.25, -0.2) is 5.43 Å². The molecule has 1 N–H and O–H groups in total. The summed E-state index contributed by atoms with van der Waals surface area (Å²) in [7, 11) is 0. The largest absolute Gasteiger partial charge is 0.465 e. The Morgan fingerprint density at radius 3 is 2.64 bits per heavy atom. The number of rotatable bonds is 8. The van der Waals surface area contributed by atoms with E-state index in [0.29, 0.717) is 11.0 Å². The van der Waals surface area contributed by atoms with Crippen LogP contribution < -0.4 is 5.43 Å². The second-order valence-electron chi connectivity index (χ2n) is 6.97. The van der Waals surface area contributed by atoms with Gasteiger partial charge in [-0.05, 0) is 55.0 Å². The van der Waals surface area contributed by atoms with Crippen molar-refractivity contribution in [2.75, 3.05) is 5.75 Å². The zero-order valence-corrected chi connectivity index (χ0v) is 20.1. The Morgan fingerprint density at radius 1 is 1.12 bits per heavy atom. The zero-order valence-electron chi connectivity index (χ0n) is 17.7. The number of amides is 1. The number of para-hydroxylation sites is 1. The fourth-order valence-electron chi connectivity index (χ4n) is 2.96. The van der Waals surface area contributed by atoms with Crippen molar-refractivity contribution >= 4 is 45.9 Å². The molecule has 0 aliphatic carbocycles. The van der Waals surface area contributed by atoms with Crippen molar-refractivity contribution in [3.63, 3.8) is 0 Å². The van der Waals surface area contributed by atoms with Crippen LogP contribution >= 0.6 is 27.7 Å². The van der Waals surface area contributed by atoms with E-state index in [0.717, 1.165) is 27.1 Å². The summed E-state index contributed by atoms with van der Waals surface area (Å²) in [5, 5.41) is 13.4. The molecule has 0 saturated carbocycles. The summed E-state index contributed by atoms with van der Waals surface area (Å²) < 4.78 is 8.19. The number of hydrogen-bond donors (Lipinski definition) is 1. The molecule has 9 heteroatoms. The second-order valence-corrected chi connectivity index (χ2v) is 8.83. The number of furan rings is 1. The Hall–Kier alpha value is -3.43. The van der Waals surface area contributed by atoms with Crippen LogP contribution in [0.1, 0.15) is 12.7 Å². The minimum Gasteiger partial charge on any atom is -0.465 e. The zero-order chi connectivity index (χ0) is 23.0. The molecule has 0 atom stereocenters. The van der Waals surface area contributed by atoms with Crippen molar-refractivity contribution in [1.29, 1.82) is 0 Å². The summed E-state index contributed by atoms with van der Waals surface area (Å²) in [6.45, 7) is 1.87. The first kappa shape index (κ1) is 22.8. The lowest BCUT2D eigenvalue weighted by Gasteiger charge is -2.10. The summed E-state index contributed by atoms with van der Waals surface area (Å²) in [6.07, 6.45) is 5.01. The van der Waals surface area contributed by atoms with Crippen LogP contribution in [0.25, 0.3) is 23.2 Å². The molecule has 166 valence electrons. The average Bonchev–Trinajstić information content (AvgIpc) is 3.49. The van der Waals surface area contributed by atoms with E-state index in [1.807, 2.05) is 84.3 Å². The van der Waals surface area contributed by atoms with Crippen LogP contribution in [0.15, 0.2) is 97.7 Å². The van der Waals surface area contributed by atoms with Crippen molar-refractivity contribution in [2.45, 2.75) is 12.1 Å². The Bertz CT molecular complexity index is 1270. The van der Waals surface area contributed by atoms with E-state index in [1.165, 1.54) is 11.8 Å². The van der Waals surface area contributed by atoms with Gasteiger partial charge in [0.05, 0.1) is 18.2 Å². The number of halogens is 1. The molecule has 1 amide bonds. The first-order valence-corrected chi connectivity index (χ1v) is 11.8. The molecule has 0 saturated heterocycles. The molecule has 2 aromatic carbocycles. The van der Waals surface area contributed by atoms with E-state index in [2.05, 4.69) is 36.7 Å². The maximum Gasteiger partial charge on any atom is 0.250 e. The molecule has 2 heterocycles. The topological polar surface area (TPSA) is 85.3 Å². The molecule has 4 aromatic rings. The van der Waals surface area contributed by atoms with E-state index < -0.39 is 0 Å². The number of hydrogen-bond acceptors (Lipinski definition) is 6. The molecular weight excluding hydrogens is 502 g/mol. The predicted molar refractivity (Wildman–Crippen MR) is 134 cm³/mol. The van der Waals surface area contributed by atoms with Gasteiger partial charge in [0, 0.05) is 15.7 Å². The molecule has 0 fully saturated rings. The minimum atomic E-state index is -0.241. The van der Waals surface area contributed by atoms with Crippen LogP contribution in [-0.2, 0) is 4.79 Å². The van der Waals surface area contributed by atoms with Gasteiger partial charge in [0.1, 0.15) is 5.76 Å². The molecule has 0 radical (unpaired) electrons. The highest BCUT2D eigenvalue weighted by Gasteiger charge is 2.17. The average molecular weight is 522 g/mol. The smallest absolute Gasteiger partial charge is 0.250 e. The number of benzene rings is 2. The number of hydrazone groups is 1. The van der Waals surface area contributed by atoms with Gasteiger partial charge in [-0.3, -0.25) is 9.36 Å². The van der Waals surface area contributed by atoms with Gasteiger partial charge >= 0.3 is 0 Å². The Kier molecular flexibility index (Phi) is 7.54. The third kappa shape index (κ3) is 6.09. The predicted octanol–water partition coefficient (Wildman–Crippen LogP) is 5.59. The Balaban J connectivity index is 1.46. The summed E-state index contributed by atoms with van der Waals surface area (Å²) in [5.74, 6) is 1.33. The third-order valence-electron chi connectivity index (χ3n) is 4.45. The van der Waals surface area contributed by atoms with Crippen LogP contribution in [-0.4, -0.2) is 32.6 Å². The van der Waals surface area contributed by atoms with Gasteiger partial charge in [-0.15, -0.1) is 10.2 Å². The van der Waals surface area contributed by atoms with Gasteiger partial charge < -0.3 is 4.42 Å². The standard InChI is InChI=1S/C24H20BrN5O2S/c1-17(14-21-8-5-13-32-21)15-26-27-22(31)16-33-24-29-28-23(18-9-11-19(25)12-10-18)30(24)20-6-3-2-4-7-20/h2-15H,16H2,1H3,(H,27,31). The molecule has 0 bridgehead atoms. The van der Waals surface area contributed by atoms with Gasteiger partial charge in [0.2, 0.25) is 0 Å². The molecular formula is C24H20BrN5O2S. The molecule has 0 unspecified atom stereocenters. The van der Waals surface area contributed by atoms with E-state index in [1.54, 1.807) is 12.5 Å². The van der Waals surface area contributed by atoms with Crippen molar-refractivity contribution in [1.82, 2.24) is 20.2 Å². The number of carbonyl (C=O) groups is 1. The minimum absolute atomic E-state index is 0.142. The fraction of sp³-hybridized carbons (Fsp3) is 0.0833. The van der Waals surface area contributed by atoms with E-state index in [-0.39, 0.29) is 11.7 Å². The monoisotopic (exact) mass is 521 g/mol. The maximum atomic E-state index is 12.3. The lowest BCUT2D eigenvalue weighted by Crippen LogP contribution is -2.20. The van der Waals surface area contributed by atoms with Crippen LogP contribution in [0.3, 0.4) is 0 Å². The normalized spacial score (nSPS) is 11.8. The maximum absolute atomic E-state index is 12.3. The molecule has 0 aliphatic rings. The fourth-order valence-corrected chi connectivity index (χ4v) is 3.97. The summed E-state index contributed by atoms with van der Waals surface area (Å²) in [4.78, 5) is 12.3. The van der Waals surface area contributed by atoms with Crippen LogP contribution in [0.2, 0.25) is 0 Å². The van der Waals surface area contributed by atoms with Crippen molar-refractivity contribution < 1.29 is 9.21 Å². The quantitative estimate of drug-likeness (QED) is 0.185. The highest BCUT2D eigenvalue weighted by molar-refractivity contribution is 9.10. The van der Waals surface area contributed by atoms with E-state index in [9.17, 15) is 4.79 Å². The van der Waals surface area contributed by atoms with Crippen molar-refractivity contribution in [3.8, 4) is 17.1 Å². The van der Waals surface area contributed by atoms with Gasteiger partial charge in [-0.2, -0.15) is 5.10 Å². The lowest BCUT2D eigenvalue weighted by molar-refractivity contribution is -0.118. The van der Waals surface area contributed by atoms with Crippen LogP contribution in [0, 0.1) is 0 Å². The van der Waals surface area contributed by atoms with Gasteiger partial charge in [-0.1, -0.05) is 58.0 Å². The number of allylic oxidation sites excluding steroid dienone is 1. The molecule has 0 aliphatic heterocycles. The molecule has 7 nitrogen and oxygen atoms in total. The van der Waals surface area contributed by atoms with Crippen LogP contribution in [0.4, 0.5) is 0 Å². The van der Waals surface area contributed by atoms with Crippen molar-refractivity contribution in [2.24, 2.45) is 5.10 Å². The van der Waals surface area contributed by atoms with Gasteiger partial charge in [0.15, 0.2) is 11.0 Å². The third-order valence-corrected chi connectivity index (χ3v) is 5.91. The molecule has 2 aromatic heterocycles. The number of thioether (sulfide) groups is 1. The Labute approximate surface area is 203 Å². The lowest BCUT2D eigenvalue weighted by atomic mass is 10.2. The highest BCUT2D eigenvalue weighted by atomic mass is 79.9. The number of nitrogens with zero attached hydrogens (tertiary/aromatic N) is 4. The summed E-state index contributed by atoms with van der Waals surface area (Å²) >= 11 is 4.76. The van der Waals surface area contributed by atoms with Crippen molar-refractivity contribution in [3.05, 3.63) is 88.8 Å². The number of nitrogens with one attached hydrogen (secondary N) is 1. The Morgan fingerprint density at radius 2 is 1.91 bits per heavy atom. The number of aromatic nitrogens is 3. The first-order valence-electron chi connectivity index (χ1n) is 10.0. The van der Waals surface area contributed by atoms with Crippen LogP contribution in [0.5, 0.6) is 0 Å². The van der Waals surface area contributed by atoms with Gasteiger partial charge in [0.25, 0.3) is 5.91 Å². The highest BCUT2D eigenvalue weighted by Crippen LogP contribution is 2.28. The summed E-state index contributed by atoms with van der Waals surface area (Å²) in [6, 6.07) is 21.3. The van der Waals surface area contributed by atoms with E-state index >= 15 is 0 Å². The second kappa shape index (κ2) is 10.9. The summed E-state index contributed by atoms with van der Waals surface area (Å²) in [5.41, 5.74) is 5.23. The molecule has 33 heavy (non-hydrogen) atoms.